The van der Waals surface area contributed by atoms with E-state index in [1.165, 1.54) is 24.8 Å². The summed E-state index contributed by atoms with van der Waals surface area (Å²) in [5.41, 5.74) is 1.19. The van der Waals surface area contributed by atoms with Crippen LogP contribution < -0.4 is 0 Å². The molecule has 0 spiro atoms. The van der Waals surface area contributed by atoms with Crippen LogP contribution in [-0.4, -0.2) is 18.2 Å². The molecular formula is C19H31BrO2. The van der Waals surface area contributed by atoms with Gasteiger partial charge in [0.1, 0.15) is 6.79 Å². The molecule has 0 N–H and O–H groups in total. The smallest absolute Gasteiger partial charge is 0.147 e. The SMILES string of the molecule is CC(Br)CC(C)CC(C)CCCOCOCc1ccccc1. The molecule has 1 rings (SSSR count). The van der Waals surface area contributed by atoms with Gasteiger partial charge in [0.2, 0.25) is 0 Å². The Morgan fingerprint density at radius 1 is 0.955 bits per heavy atom. The Kier molecular flexibility index (Phi) is 10.8. The normalized spacial score (nSPS) is 15.5. The Hall–Kier alpha value is -0.380. The van der Waals surface area contributed by atoms with Crippen LogP contribution in [0.2, 0.25) is 0 Å². The number of hydrogen-bond donors (Lipinski definition) is 0. The summed E-state index contributed by atoms with van der Waals surface area (Å²) < 4.78 is 11.1. The molecule has 0 aromatic heterocycles. The van der Waals surface area contributed by atoms with E-state index in [2.05, 4.69) is 48.8 Å². The third-order valence-corrected chi connectivity index (χ3v) is 4.17. The van der Waals surface area contributed by atoms with E-state index in [1.54, 1.807) is 0 Å². The average Bonchev–Trinajstić information content (AvgIpc) is 2.46. The van der Waals surface area contributed by atoms with Gasteiger partial charge in [-0.3, -0.25) is 0 Å². The van der Waals surface area contributed by atoms with Gasteiger partial charge in [0.05, 0.1) is 6.61 Å². The van der Waals surface area contributed by atoms with E-state index >= 15 is 0 Å². The molecule has 0 fully saturated rings. The van der Waals surface area contributed by atoms with Crippen molar-refractivity contribution < 1.29 is 9.47 Å². The molecule has 1 aromatic rings. The summed E-state index contributed by atoms with van der Waals surface area (Å²) in [6, 6.07) is 10.2. The summed E-state index contributed by atoms with van der Waals surface area (Å²) in [5, 5.41) is 0. The highest BCUT2D eigenvalue weighted by molar-refractivity contribution is 9.09. The van der Waals surface area contributed by atoms with Crippen molar-refractivity contribution in [1.29, 1.82) is 0 Å². The van der Waals surface area contributed by atoms with Crippen molar-refractivity contribution in [3.05, 3.63) is 35.9 Å². The van der Waals surface area contributed by atoms with Crippen molar-refractivity contribution in [1.82, 2.24) is 0 Å². The zero-order valence-electron chi connectivity index (χ0n) is 14.3. The van der Waals surface area contributed by atoms with E-state index < -0.39 is 0 Å². The van der Waals surface area contributed by atoms with E-state index in [1.807, 2.05) is 18.2 Å². The second-order valence-corrected chi connectivity index (χ2v) is 8.03. The lowest BCUT2D eigenvalue weighted by Crippen LogP contribution is -2.08. The van der Waals surface area contributed by atoms with E-state index in [4.69, 9.17) is 9.47 Å². The highest BCUT2D eigenvalue weighted by Crippen LogP contribution is 2.22. The fourth-order valence-electron chi connectivity index (χ4n) is 2.84. The topological polar surface area (TPSA) is 18.5 Å². The molecule has 3 atom stereocenters. The van der Waals surface area contributed by atoms with Crippen LogP contribution >= 0.6 is 15.9 Å². The first-order valence-electron chi connectivity index (χ1n) is 8.41. The molecule has 0 saturated carbocycles. The fraction of sp³-hybridized carbons (Fsp3) is 0.684. The van der Waals surface area contributed by atoms with Crippen LogP contribution in [0.4, 0.5) is 0 Å². The Labute approximate surface area is 144 Å². The van der Waals surface area contributed by atoms with Gasteiger partial charge >= 0.3 is 0 Å². The van der Waals surface area contributed by atoms with Gasteiger partial charge in [-0.2, -0.15) is 0 Å². The molecule has 22 heavy (non-hydrogen) atoms. The Morgan fingerprint density at radius 3 is 2.36 bits per heavy atom. The van der Waals surface area contributed by atoms with Gasteiger partial charge < -0.3 is 9.47 Å². The van der Waals surface area contributed by atoms with Crippen LogP contribution in [0.3, 0.4) is 0 Å². The van der Waals surface area contributed by atoms with Crippen LogP contribution in [0, 0.1) is 11.8 Å². The molecule has 0 aliphatic carbocycles. The van der Waals surface area contributed by atoms with Crippen LogP contribution in [0.25, 0.3) is 0 Å². The van der Waals surface area contributed by atoms with Crippen LogP contribution in [0.15, 0.2) is 30.3 Å². The number of benzene rings is 1. The Balaban J connectivity index is 1.94. The van der Waals surface area contributed by atoms with Crippen molar-refractivity contribution in [3.8, 4) is 0 Å². The minimum absolute atomic E-state index is 0.390. The Morgan fingerprint density at radius 2 is 1.68 bits per heavy atom. The van der Waals surface area contributed by atoms with E-state index in [-0.39, 0.29) is 0 Å². The van der Waals surface area contributed by atoms with Gasteiger partial charge in [-0.25, -0.2) is 0 Å². The standard InChI is InChI=1S/C19H31BrO2/c1-16(12-17(2)13-18(3)20)8-7-11-21-15-22-14-19-9-5-4-6-10-19/h4-6,9-10,16-18H,7-8,11-15H2,1-3H3. The molecular weight excluding hydrogens is 340 g/mol. The number of halogens is 1. The minimum atomic E-state index is 0.390. The molecule has 3 unspecified atom stereocenters. The van der Waals surface area contributed by atoms with Crippen LogP contribution in [0.5, 0.6) is 0 Å². The van der Waals surface area contributed by atoms with E-state index in [0.29, 0.717) is 18.2 Å². The second-order valence-electron chi connectivity index (χ2n) is 6.46. The summed E-state index contributed by atoms with van der Waals surface area (Å²) in [6.07, 6.45) is 4.92. The first-order valence-corrected chi connectivity index (χ1v) is 9.33. The lowest BCUT2D eigenvalue weighted by molar-refractivity contribution is -0.0628. The maximum atomic E-state index is 5.55. The molecule has 0 amide bonds. The second kappa shape index (κ2) is 12.1. The maximum absolute atomic E-state index is 5.55. The highest BCUT2D eigenvalue weighted by Gasteiger charge is 2.10. The average molecular weight is 371 g/mol. The molecule has 1 aromatic carbocycles. The molecule has 0 aliphatic heterocycles. The minimum Gasteiger partial charge on any atom is -0.355 e. The van der Waals surface area contributed by atoms with Gasteiger partial charge in [-0.15, -0.1) is 0 Å². The monoisotopic (exact) mass is 370 g/mol. The molecule has 0 radical (unpaired) electrons. The summed E-state index contributed by atoms with van der Waals surface area (Å²) in [7, 11) is 0. The zero-order chi connectivity index (χ0) is 16.2. The van der Waals surface area contributed by atoms with Crippen molar-refractivity contribution in [3.63, 3.8) is 0 Å². The molecule has 0 heterocycles. The van der Waals surface area contributed by atoms with Gasteiger partial charge in [0.15, 0.2) is 0 Å². The highest BCUT2D eigenvalue weighted by atomic mass is 79.9. The first kappa shape index (κ1) is 19.7. The third-order valence-electron chi connectivity index (χ3n) is 3.80. The predicted molar refractivity (Wildman–Crippen MR) is 97.2 cm³/mol. The number of hydrogen-bond acceptors (Lipinski definition) is 2. The van der Waals surface area contributed by atoms with Crippen molar-refractivity contribution in [2.24, 2.45) is 11.8 Å². The first-order chi connectivity index (χ1) is 10.6. The van der Waals surface area contributed by atoms with Crippen LogP contribution in [0.1, 0.15) is 52.0 Å². The van der Waals surface area contributed by atoms with E-state index in [9.17, 15) is 0 Å². The molecule has 2 nitrogen and oxygen atoms in total. The fourth-order valence-corrected chi connectivity index (χ4v) is 3.48. The third kappa shape index (κ3) is 10.4. The summed E-state index contributed by atoms with van der Waals surface area (Å²) in [6.45, 7) is 8.73. The van der Waals surface area contributed by atoms with E-state index in [0.717, 1.165) is 24.9 Å². The lowest BCUT2D eigenvalue weighted by Gasteiger charge is -2.18. The molecule has 0 saturated heterocycles. The molecule has 126 valence electrons. The van der Waals surface area contributed by atoms with Crippen LogP contribution in [-0.2, 0) is 16.1 Å². The quantitative estimate of drug-likeness (QED) is 0.263. The number of ether oxygens (including phenoxy) is 2. The number of rotatable bonds is 12. The largest absolute Gasteiger partial charge is 0.355 e. The predicted octanol–water partition coefficient (Wildman–Crippen LogP) is 5.79. The summed E-state index contributed by atoms with van der Waals surface area (Å²) >= 11 is 3.64. The van der Waals surface area contributed by atoms with Gasteiger partial charge in [-0.1, -0.05) is 67.0 Å². The molecule has 3 heteroatoms. The molecule has 0 bridgehead atoms. The van der Waals surface area contributed by atoms with Gasteiger partial charge in [-0.05, 0) is 43.1 Å². The molecule has 0 aliphatic rings. The van der Waals surface area contributed by atoms with Gasteiger partial charge in [0, 0.05) is 11.4 Å². The zero-order valence-corrected chi connectivity index (χ0v) is 15.8. The lowest BCUT2D eigenvalue weighted by atomic mass is 9.91. The maximum Gasteiger partial charge on any atom is 0.147 e. The summed E-state index contributed by atoms with van der Waals surface area (Å²) in [5.74, 6) is 1.56. The van der Waals surface area contributed by atoms with Gasteiger partial charge in [0.25, 0.3) is 0 Å². The van der Waals surface area contributed by atoms with Crippen molar-refractivity contribution in [2.75, 3.05) is 13.4 Å². The summed E-state index contributed by atoms with van der Waals surface area (Å²) in [4.78, 5) is 0.625. The number of alkyl halides is 1. The van der Waals surface area contributed by atoms with Crippen molar-refractivity contribution in [2.45, 2.75) is 57.9 Å². The Bertz CT molecular complexity index is 367. The van der Waals surface area contributed by atoms with Crippen molar-refractivity contribution >= 4 is 15.9 Å².